The molecule has 0 fully saturated rings. The predicted octanol–water partition coefficient (Wildman–Crippen LogP) is 4.46. The molecule has 0 aliphatic rings. The second-order valence-electron chi connectivity index (χ2n) is 5.09. The summed E-state index contributed by atoms with van der Waals surface area (Å²) in [5.74, 6) is 5.74. The number of nitrogens with zero attached hydrogens (tertiary/aromatic N) is 1. The molecule has 21 heavy (non-hydrogen) atoms. The highest BCUT2D eigenvalue weighted by atomic mass is 35.5. The zero-order chi connectivity index (χ0) is 15.0. The van der Waals surface area contributed by atoms with Gasteiger partial charge in [-0.05, 0) is 31.5 Å². The molecule has 1 heterocycles. The number of nitrogen functional groups attached to an aromatic ring is 1. The molecule has 4 heteroatoms. The molecule has 0 saturated carbocycles. The Bertz CT molecular complexity index is 813. The first kappa shape index (κ1) is 13.9. The number of hydrogen-bond acceptors (Lipinski definition) is 3. The molecule has 0 unspecified atom stereocenters. The van der Waals surface area contributed by atoms with Crippen LogP contribution in [0.25, 0.3) is 22.2 Å². The molecular formula is C17H16ClN3. The van der Waals surface area contributed by atoms with E-state index >= 15 is 0 Å². The van der Waals surface area contributed by atoms with Crippen molar-refractivity contribution in [1.29, 1.82) is 0 Å². The van der Waals surface area contributed by atoms with Crippen LogP contribution in [0.4, 0.5) is 5.69 Å². The number of hydrazine groups is 1. The maximum atomic E-state index is 6.17. The van der Waals surface area contributed by atoms with Crippen molar-refractivity contribution in [3.63, 3.8) is 0 Å². The third-order valence-electron chi connectivity index (χ3n) is 3.68. The number of fused-ring (bicyclic) bond motifs is 1. The van der Waals surface area contributed by atoms with Crippen molar-refractivity contribution in [2.45, 2.75) is 13.8 Å². The number of benzene rings is 2. The van der Waals surface area contributed by atoms with Crippen LogP contribution in [0.3, 0.4) is 0 Å². The highest BCUT2D eigenvalue weighted by Crippen LogP contribution is 2.35. The number of anilines is 1. The van der Waals surface area contributed by atoms with Gasteiger partial charge in [-0.3, -0.25) is 5.84 Å². The summed E-state index contributed by atoms with van der Waals surface area (Å²) in [6, 6.07) is 13.9. The van der Waals surface area contributed by atoms with E-state index in [0.717, 1.165) is 39.0 Å². The van der Waals surface area contributed by atoms with Crippen molar-refractivity contribution in [2.24, 2.45) is 5.84 Å². The minimum absolute atomic E-state index is 0.685. The van der Waals surface area contributed by atoms with Gasteiger partial charge in [0.05, 0.1) is 16.9 Å². The molecule has 0 aliphatic carbocycles. The predicted molar refractivity (Wildman–Crippen MR) is 89.5 cm³/mol. The van der Waals surface area contributed by atoms with Crippen LogP contribution < -0.4 is 11.3 Å². The van der Waals surface area contributed by atoms with E-state index in [-0.39, 0.29) is 0 Å². The van der Waals surface area contributed by atoms with Crippen LogP contribution >= 0.6 is 11.6 Å². The van der Waals surface area contributed by atoms with Gasteiger partial charge < -0.3 is 5.43 Å². The van der Waals surface area contributed by atoms with E-state index < -0.39 is 0 Å². The number of halogens is 1. The topological polar surface area (TPSA) is 50.9 Å². The Morgan fingerprint density at radius 3 is 2.48 bits per heavy atom. The van der Waals surface area contributed by atoms with E-state index in [1.807, 2.05) is 56.3 Å². The number of rotatable bonds is 2. The molecule has 0 amide bonds. The van der Waals surface area contributed by atoms with Crippen molar-refractivity contribution in [1.82, 2.24) is 4.98 Å². The molecule has 0 radical (unpaired) electrons. The first-order valence-corrected chi connectivity index (χ1v) is 7.12. The summed E-state index contributed by atoms with van der Waals surface area (Å²) in [6.45, 7) is 4.02. The van der Waals surface area contributed by atoms with Gasteiger partial charge in [0.1, 0.15) is 0 Å². The summed E-state index contributed by atoms with van der Waals surface area (Å²) in [4.78, 5) is 4.84. The molecule has 2 aromatic carbocycles. The van der Waals surface area contributed by atoms with Gasteiger partial charge in [-0.25, -0.2) is 4.98 Å². The Morgan fingerprint density at radius 2 is 1.81 bits per heavy atom. The average Bonchev–Trinajstić information content (AvgIpc) is 2.47. The Morgan fingerprint density at radius 1 is 1.10 bits per heavy atom. The van der Waals surface area contributed by atoms with Crippen LogP contribution in [0.15, 0.2) is 42.5 Å². The molecule has 0 saturated heterocycles. The van der Waals surface area contributed by atoms with Crippen molar-refractivity contribution in [3.8, 4) is 11.3 Å². The number of aryl methyl sites for hydroxylation is 1. The van der Waals surface area contributed by atoms with E-state index in [1.54, 1.807) is 0 Å². The third-order valence-corrected chi connectivity index (χ3v) is 3.90. The van der Waals surface area contributed by atoms with Crippen LogP contribution in [-0.2, 0) is 0 Å². The molecule has 0 aliphatic heterocycles. The van der Waals surface area contributed by atoms with Gasteiger partial charge in [-0.15, -0.1) is 0 Å². The van der Waals surface area contributed by atoms with Crippen molar-refractivity contribution in [3.05, 3.63) is 58.6 Å². The first-order valence-electron chi connectivity index (χ1n) is 6.74. The lowest BCUT2D eigenvalue weighted by Crippen LogP contribution is -2.10. The van der Waals surface area contributed by atoms with Crippen LogP contribution in [0, 0.1) is 13.8 Å². The molecule has 3 aromatic rings. The van der Waals surface area contributed by atoms with E-state index in [4.69, 9.17) is 22.4 Å². The standard InChI is InChI=1S/C17H16ClN3/c1-10-8-13(18)9-14-15(10)20-16(11(2)17(14)21-19)12-6-4-3-5-7-12/h3-9H,19H2,1-2H3,(H,20,21). The van der Waals surface area contributed by atoms with Gasteiger partial charge in [0.2, 0.25) is 0 Å². The quantitative estimate of drug-likeness (QED) is 0.542. The smallest absolute Gasteiger partial charge is 0.0761 e. The van der Waals surface area contributed by atoms with Gasteiger partial charge in [-0.2, -0.15) is 0 Å². The lowest BCUT2D eigenvalue weighted by atomic mass is 10.0. The van der Waals surface area contributed by atoms with Gasteiger partial charge in [-0.1, -0.05) is 41.9 Å². The van der Waals surface area contributed by atoms with Crippen molar-refractivity contribution >= 4 is 28.2 Å². The maximum Gasteiger partial charge on any atom is 0.0761 e. The van der Waals surface area contributed by atoms with Crippen LogP contribution in [-0.4, -0.2) is 4.98 Å². The third kappa shape index (κ3) is 2.35. The lowest BCUT2D eigenvalue weighted by Gasteiger charge is -2.15. The molecule has 106 valence electrons. The largest absolute Gasteiger partial charge is 0.323 e. The minimum Gasteiger partial charge on any atom is -0.323 e. The number of nitrogens with two attached hydrogens (primary N) is 1. The highest BCUT2D eigenvalue weighted by molar-refractivity contribution is 6.31. The maximum absolute atomic E-state index is 6.17. The molecule has 0 atom stereocenters. The van der Waals surface area contributed by atoms with E-state index in [0.29, 0.717) is 5.02 Å². The Kier molecular flexibility index (Phi) is 3.53. The molecule has 0 spiro atoms. The van der Waals surface area contributed by atoms with Crippen LogP contribution in [0.5, 0.6) is 0 Å². The number of pyridine rings is 1. The zero-order valence-corrected chi connectivity index (χ0v) is 12.7. The summed E-state index contributed by atoms with van der Waals surface area (Å²) in [5.41, 5.74) is 8.63. The molecule has 3 rings (SSSR count). The molecule has 0 bridgehead atoms. The Hall–Kier alpha value is -2.10. The number of aromatic nitrogens is 1. The highest BCUT2D eigenvalue weighted by Gasteiger charge is 2.14. The molecule has 3 N–H and O–H groups in total. The van der Waals surface area contributed by atoms with Gasteiger partial charge in [0.25, 0.3) is 0 Å². The second kappa shape index (κ2) is 5.35. The fraction of sp³-hybridized carbons (Fsp3) is 0.118. The van der Waals surface area contributed by atoms with Gasteiger partial charge in [0, 0.05) is 21.5 Å². The van der Waals surface area contributed by atoms with E-state index in [2.05, 4.69) is 5.43 Å². The Labute approximate surface area is 128 Å². The lowest BCUT2D eigenvalue weighted by molar-refractivity contribution is 1.27. The zero-order valence-electron chi connectivity index (χ0n) is 11.9. The second-order valence-corrected chi connectivity index (χ2v) is 5.53. The van der Waals surface area contributed by atoms with E-state index in [9.17, 15) is 0 Å². The number of nitrogens with one attached hydrogen (secondary N) is 1. The molecular weight excluding hydrogens is 282 g/mol. The van der Waals surface area contributed by atoms with Gasteiger partial charge >= 0.3 is 0 Å². The van der Waals surface area contributed by atoms with Crippen molar-refractivity contribution in [2.75, 3.05) is 5.43 Å². The molecule has 1 aromatic heterocycles. The fourth-order valence-corrected chi connectivity index (χ4v) is 2.93. The summed E-state index contributed by atoms with van der Waals surface area (Å²) < 4.78 is 0. The van der Waals surface area contributed by atoms with E-state index in [1.165, 1.54) is 0 Å². The average molecular weight is 298 g/mol. The summed E-state index contributed by atoms with van der Waals surface area (Å²) in [6.07, 6.45) is 0. The summed E-state index contributed by atoms with van der Waals surface area (Å²) in [7, 11) is 0. The summed E-state index contributed by atoms with van der Waals surface area (Å²) >= 11 is 6.17. The van der Waals surface area contributed by atoms with Crippen LogP contribution in [0.1, 0.15) is 11.1 Å². The Balaban J connectivity index is 2.41. The fourth-order valence-electron chi connectivity index (χ4n) is 2.65. The summed E-state index contributed by atoms with van der Waals surface area (Å²) in [5, 5.41) is 1.63. The van der Waals surface area contributed by atoms with Crippen molar-refractivity contribution < 1.29 is 0 Å². The number of hydrogen-bond donors (Lipinski definition) is 2. The molecule has 3 nitrogen and oxygen atoms in total. The monoisotopic (exact) mass is 297 g/mol. The SMILES string of the molecule is Cc1c(-c2ccccc2)nc2c(C)cc(Cl)cc2c1NN. The van der Waals surface area contributed by atoms with Gasteiger partial charge in [0.15, 0.2) is 0 Å². The first-order chi connectivity index (χ1) is 10.1. The van der Waals surface area contributed by atoms with Crippen LogP contribution in [0.2, 0.25) is 5.02 Å². The minimum atomic E-state index is 0.685. The normalized spacial score (nSPS) is 10.9.